The molecule has 1 rings (SSSR count). The van der Waals surface area contributed by atoms with E-state index in [2.05, 4.69) is 0 Å². The van der Waals surface area contributed by atoms with Gasteiger partial charge in [0, 0.05) is 6.54 Å². The van der Waals surface area contributed by atoms with E-state index in [9.17, 15) is 14.4 Å². The highest BCUT2D eigenvalue weighted by Crippen LogP contribution is 2.26. The van der Waals surface area contributed by atoms with Gasteiger partial charge in [-0.3, -0.25) is 9.59 Å². The molecule has 1 aliphatic heterocycles. The minimum absolute atomic E-state index is 0.0706. The van der Waals surface area contributed by atoms with Crippen molar-refractivity contribution in [1.82, 2.24) is 10.2 Å². The van der Waals surface area contributed by atoms with Gasteiger partial charge in [-0.25, -0.2) is 4.79 Å². The molecule has 0 saturated carbocycles. The Hall–Kier alpha value is -1.79. The van der Waals surface area contributed by atoms with E-state index < -0.39 is 23.9 Å². The highest BCUT2D eigenvalue weighted by molar-refractivity contribution is 5.89. The SMILES string of the molecule is CC[C@@H]1CCN(C(=O)CNC(=O)O)[C@@H]1C(N)=O. The van der Waals surface area contributed by atoms with Crippen LogP contribution in [0.1, 0.15) is 19.8 Å². The van der Waals surface area contributed by atoms with E-state index in [-0.39, 0.29) is 12.5 Å². The molecule has 0 aliphatic carbocycles. The molecule has 17 heavy (non-hydrogen) atoms. The molecule has 7 nitrogen and oxygen atoms in total. The fraction of sp³-hybridized carbons (Fsp3) is 0.700. The third-order valence-electron chi connectivity index (χ3n) is 3.05. The lowest BCUT2D eigenvalue weighted by atomic mass is 9.97. The number of carbonyl (C=O) groups excluding carboxylic acids is 2. The molecular weight excluding hydrogens is 226 g/mol. The third kappa shape index (κ3) is 3.08. The smallest absolute Gasteiger partial charge is 0.405 e. The van der Waals surface area contributed by atoms with Gasteiger partial charge in [-0.2, -0.15) is 0 Å². The molecule has 1 fully saturated rings. The average molecular weight is 243 g/mol. The molecule has 2 atom stereocenters. The number of carbonyl (C=O) groups is 3. The summed E-state index contributed by atoms with van der Waals surface area (Å²) in [6, 6.07) is -0.608. The zero-order valence-electron chi connectivity index (χ0n) is 9.68. The second-order valence-electron chi connectivity index (χ2n) is 4.05. The van der Waals surface area contributed by atoms with Crippen molar-refractivity contribution in [3.05, 3.63) is 0 Å². The van der Waals surface area contributed by atoms with E-state index in [1.165, 1.54) is 4.90 Å². The van der Waals surface area contributed by atoms with E-state index in [4.69, 9.17) is 10.8 Å². The molecular formula is C10H17N3O4. The van der Waals surface area contributed by atoms with Crippen molar-refractivity contribution in [3.63, 3.8) is 0 Å². The van der Waals surface area contributed by atoms with Crippen molar-refractivity contribution in [2.24, 2.45) is 11.7 Å². The number of rotatable bonds is 4. The molecule has 0 unspecified atom stereocenters. The number of nitrogens with zero attached hydrogens (tertiary/aromatic N) is 1. The molecule has 1 heterocycles. The number of hydrogen-bond acceptors (Lipinski definition) is 3. The summed E-state index contributed by atoms with van der Waals surface area (Å²) in [5.74, 6) is -0.869. The quantitative estimate of drug-likeness (QED) is 0.609. The van der Waals surface area contributed by atoms with Crippen LogP contribution in [0.5, 0.6) is 0 Å². The van der Waals surface area contributed by atoms with Gasteiger partial charge >= 0.3 is 6.09 Å². The van der Waals surface area contributed by atoms with Gasteiger partial charge in [-0.05, 0) is 12.3 Å². The molecule has 0 bridgehead atoms. The number of nitrogens with two attached hydrogens (primary N) is 1. The first kappa shape index (κ1) is 13.3. The lowest BCUT2D eigenvalue weighted by Crippen LogP contribution is -2.49. The van der Waals surface area contributed by atoms with E-state index in [1.807, 2.05) is 12.2 Å². The number of nitrogens with one attached hydrogen (secondary N) is 1. The van der Waals surface area contributed by atoms with Gasteiger partial charge in [0.15, 0.2) is 0 Å². The van der Waals surface area contributed by atoms with Crippen molar-refractivity contribution in [2.75, 3.05) is 13.1 Å². The first-order valence-corrected chi connectivity index (χ1v) is 5.53. The fourth-order valence-electron chi connectivity index (χ4n) is 2.20. The predicted molar refractivity (Wildman–Crippen MR) is 59.1 cm³/mol. The van der Waals surface area contributed by atoms with Gasteiger partial charge in [0.25, 0.3) is 0 Å². The van der Waals surface area contributed by atoms with Crippen LogP contribution in [0.15, 0.2) is 0 Å². The summed E-state index contributed by atoms with van der Waals surface area (Å²) in [4.78, 5) is 34.7. The Morgan fingerprint density at radius 1 is 1.47 bits per heavy atom. The van der Waals surface area contributed by atoms with Crippen LogP contribution in [0.25, 0.3) is 0 Å². The Morgan fingerprint density at radius 2 is 2.12 bits per heavy atom. The number of hydrogen-bond donors (Lipinski definition) is 3. The monoisotopic (exact) mass is 243 g/mol. The van der Waals surface area contributed by atoms with Crippen molar-refractivity contribution in [3.8, 4) is 0 Å². The maximum Gasteiger partial charge on any atom is 0.405 e. The number of amides is 3. The third-order valence-corrected chi connectivity index (χ3v) is 3.05. The maximum atomic E-state index is 11.7. The summed E-state index contributed by atoms with van der Waals surface area (Å²) in [5, 5.41) is 10.4. The standard InChI is InChI=1S/C10H17N3O4/c1-2-6-3-4-13(8(6)9(11)15)7(14)5-12-10(16)17/h6,8,12H,2-5H2,1H3,(H2,11,15)(H,16,17)/t6-,8+/m1/s1. The van der Waals surface area contributed by atoms with Crippen LogP contribution in [0, 0.1) is 5.92 Å². The van der Waals surface area contributed by atoms with E-state index in [0.717, 1.165) is 12.8 Å². The van der Waals surface area contributed by atoms with Gasteiger partial charge in [0.2, 0.25) is 11.8 Å². The molecule has 4 N–H and O–H groups in total. The van der Waals surface area contributed by atoms with Gasteiger partial charge in [0.05, 0.1) is 0 Å². The second kappa shape index (κ2) is 5.51. The lowest BCUT2D eigenvalue weighted by Gasteiger charge is -2.25. The topological polar surface area (TPSA) is 113 Å². The molecule has 1 aliphatic rings. The van der Waals surface area contributed by atoms with Crippen LogP contribution in [0.4, 0.5) is 4.79 Å². The molecule has 7 heteroatoms. The molecule has 96 valence electrons. The van der Waals surface area contributed by atoms with Crippen LogP contribution < -0.4 is 11.1 Å². The first-order valence-electron chi connectivity index (χ1n) is 5.53. The summed E-state index contributed by atoms with van der Waals surface area (Å²) in [6.07, 6.45) is 0.229. The summed E-state index contributed by atoms with van der Waals surface area (Å²) in [6.45, 7) is 2.06. The summed E-state index contributed by atoms with van der Waals surface area (Å²) >= 11 is 0. The summed E-state index contributed by atoms with van der Waals surface area (Å²) in [5.41, 5.74) is 5.28. The lowest BCUT2D eigenvalue weighted by molar-refractivity contribution is -0.137. The van der Waals surface area contributed by atoms with E-state index in [1.54, 1.807) is 0 Å². The zero-order chi connectivity index (χ0) is 13.0. The van der Waals surface area contributed by atoms with Crippen LogP contribution in [-0.2, 0) is 9.59 Å². The van der Waals surface area contributed by atoms with Gasteiger partial charge in [-0.15, -0.1) is 0 Å². The molecule has 0 aromatic carbocycles. The summed E-state index contributed by atoms with van der Waals surface area (Å²) in [7, 11) is 0. The summed E-state index contributed by atoms with van der Waals surface area (Å²) < 4.78 is 0. The molecule has 0 aromatic heterocycles. The molecule has 0 radical (unpaired) electrons. The van der Waals surface area contributed by atoms with Crippen molar-refractivity contribution >= 4 is 17.9 Å². The van der Waals surface area contributed by atoms with Crippen molar-refractivity contribution < 1.29 is 19.5 Å². The minimum atomic E-state index is -1.26. The Bertz CT molecular complexity index is 332. The van der Waals surface area contributed by atoms with Crippen LogP contribution in [0.3, 0.4) is 0 Å². The number of likely N-dealkylation sites (tertiary alicyclic amines) is 1. The Labute approximate surface area is 98.9 Å². The Morgan fingerprint density at radius 3 is 2.59 bits per heavy atom. The molecule has 1 saturated heterocycles. The van der Waals surface area contributed by atoms with Gasteiger partial charge < -0.3 is 21.1 Å². The van der Waals surface area contributed by atoms with Crippen molar-refractivity contribution in [2.45, 2.75) is 25.8 Å². The zero-order valence-corrected chi connectivity index (χ0v) is 9.68. The van der Waals surface area contributed by atoms with E-state index in [0.29, 0.717) is 6.54 Å². The Kier molecular flexibility index (Phi) is 4.30. The fourth-order valence-corrected chi connectivity index (χ4v) is 2.20. The first-order chi connectivity index (χ1) is 7.97. The Balaban J connectivity index is 2.66. The maximum absolute atomic E-state index is 11.7. The minimum Gasteiger partial charge on any atom is -0.465 e. The largest absolute Gasteiger partial charge is 0.465 e. The highest BCUT2D eigenvalue weighted by Gasteiger charge is 2.39. The van der Waals surface area contributed by atoms with Crippen LogP contribution in [-0.4, -0.2) is 47.0 Å². The van der Waals surface area contributed by atoms with Gasteiger partial charge in [-0.1, -0.05) is 13.3 Å². The predicted octanol–water partition coefficient (Wildman–Crippen LogP) is -0.634. The van der Waals surface area contributed by atoms with Crippen LogP contribution in [0.2, 0.25) is 0 Å². The second-order valence-corrected chi connectivity index (χ2v) is 4.05. The average Bonchev–Trinajstić information content (AvgIpc) is 2.69. The molecule has 0 aromatic rings. The number of carboxylic acid groups (broad SMARTS) is 1. The van der Waals surface area contributed by atoms with Gasteiger partial charge in [0.1, 0.15) is 12.6 Å². The molecule has 0 spiro atoms. The normalized spacial score (nSPS) is 23.5. The number of primary amides is 1. The highest BCUT2D eigenvalue weighted by atomic mass is 16.4. The van der Waals surface area contributed by atoms with Crippen molar-refractivity contribution in [1.29, 1.82) is 0 Å². The van der Waals surface area contributed by atoms with Crippen LogP contribution >= 0.6 is 0 Å². The van der Waals surface area contributed by atoms with E-state index >= 15 is 0 Å². The molecule has 3 amide bonds.